The van der Waals surface area contributed by atoms with Gasteiger partial charge in [0.2, 0.25) is 17.6 Å². The maximum atomic E-state index is 13.0. The number of carbonyl (C=O) groups is 2. The van der Waals surface area contributed by atoms with Crippen molar-refractivity contribution in [2.45, 2.75) is 34.3 Å². The Morgan fingerprint density at radius 3 is 2.42 bits per heavy atom. The topological polar surface area (TPSA) is 97.6 Å². The summed E-state index contributed by atoms with van der Waals surface area (Å²) in [6.45, 7) is 7.57. The van der Waals surface area contributed by atoms with Crippen molar-refractivity contribution in [2.75, 3.05) is 18.9 Å². The number of benzene rings is 2. The first-order chi connectivity index (χ1) is 14.7. The zero-order valence-corrected chi connectivity index (χ0v) is 18.4. The molecular formula is C23H26N4O4. The fourth-order valence-corrected chi connectivity index (χ4v) is 3.36. The number of aryl methyl sites for hydroxylation is 4. The monoisotopic (exact) mass is 422 g/mol. The van der Waals surface area contributed by atoms with E-state index in [0.717, 1.165) is 22.4 Å². The highest BCUT2D eigenvalue weighted by Crippen LogP contribution is 2.23. The van der Waals surface area contributed by atoms with Crippen molar-refractivity contribution in [2.24, 2.45) is 0 Å². The number of aromatic nitrogens is 2. The SMILES string of the molecule is Cc1cc(C)c(NC(=O)CN(C)C(=O)c2ccccc2OCc2noc(C)n2)c(C)c1. The lowest BCUT2D eigenvalue weighted by Gasteiger charge is -2.20. The summed E-state index contributed by atoms with van der Waals surface area (Å²) < 4.78 is 10.6. The number of rotatable bonds is 7. The van der Waals surface area contributed by atoms with Crippen LogP contribution in [0.1, 0.15) is 38.8 Å². The summed E-state index contributed by atoms with van der Waals surface area (Å²) >= 11 is 0. The first-order valence-corrected chi connectivity index (χ1v) is 9.88. The number of amides is 2. The summed E-state index contributed by atoms with van der Waals surface area (Å²) in [5.74, 6) is 0.607. The lowest BCUT2D eigenvalue weighted by molar-refractivity contribution is -0.116. The molecule has 8 heteroatoms. The smallest absolute Gasteiger partial charge is 0.257 e. The summed E-state index contributed by atoms with van der Waals surface area (Å²) in [6, 6.07) is 10.9. The van der Waals surface area contributed by atoms with E-state index in [4.69, 9.17) is 9.26 Å². The molecular weight excluding hydrogens is 396 g/mol. The quantitative estimate of drug-likeness (QED) is 0.625. The molecule has 2 aromatic carbocycles. The van der Waals surface area contributed by atoms with Crippen LogP contribution < -0.4 is 10.1 Å². The molecule has 0 aliphatic heterocycles. The lowest BCUT2D eigenvalue weighted by Crippen LogP contribution is -2.35. The largest absolute Gasteiger partial charge is 0.485 e. The molecule has 31 heavy (non-hydrogen) atoms. The fourth-order valence-electron chi connectivity index (χ4n) is 3.36. The highest BCUT2D eigenvalue weighted by molar-refractivity contribution is 6.01. The van der Waals surface area contributed by atoms with Crippen molar-refractivity contribution in [3.05, 3.63) is 70.4 Å². The molecule has 1 heterocycles. The van der Waals surface area contributed by atoms with Gasteiger partial charge in [0.1, 0.15) is 5.75 Å². The zero-order valence-electron chi connectivity index (χ0n) is 18.4. The first kappa shape index (κ1) is 22.0. The molecule has 0 unspecified atom stereocenters. The van der Waals surface area contributed by atoms with Crippen LogP contribution in [0.4, 0.5) is 5.69 Å². The predicted octanol–water partition coefficient (Wildman–Crippen LogP) is 3.59. The molecule has 0 fully saturated rings. The Hall–Kier alpha value is -3.68. The van der Waals surface area contributed by atoms with E-state index in [1.807, 2.05) is 32.9 Å². The Morgan fingerprint density at radius 2 is 1.77 bits per heavy atom. The number of likely N-dealkylation sites (N-methyl/N-ethyl adjacent to an activating group) is 1. The van der Waals surface area contributed by atoms with Gasteiger partial charge in [-0.05, 0) is 44.0 Å². The Labute approximate surface area is 181 Å². The van der Waals surface area contributed by atoms with Crippen molar-refractivity contribution in [1.82, 2.24) is 15.0 Å². The minimum absolute atomic E-state index is 0.0673. The van der Waals surface area contributed by atoms with Crippen molar-refractivity contribution < 1.29 is 18.8 Å². The predicted molar refractivity (Wildman–Crippen MR) is 116 cm³/mol. The maximum Gasteiger partial charge on any atom is 0.257 e. The van der Waals surface area contributed by atoms with E-state index in [-0.39, 0.29) is 25.0 Å². The van der Waals surface area contributed by atoms with Crippen LogP contribution in [0.25, 0.3) is 0 Å². The molecule has 162 valence electrons. The number of hydrogen-bond donors (Lipinski definition) is 1. The van der Waals surface area contributed by atoms with Crippen LogP contribution in [0.5, 0.6) is 5.75 Å². The molecule has 0 atom stereocenters. The van der Waals surface area contributed by atoms with Gasteiger partial charge in [-0.2, -0.15) is 4.98 Å². The van der Waals surface area contributed by atoms with Crippen molar-refractivity contribution in [1.29, 1.82) is 0 Å². The molecule has 0 saturated carbocycles. The van der Waals surface area contributed by atoms with E-state index in [0.29, 0.717) is 23.0 Å². The second-order valence-corrected chi connectivity index (χ2v) is 7.50. The Balaban J connectivity index is 1.66. The average Bonchev–Trinajstić information content (AvgIpc) is 3.14. The third kappa shape index (κ3) is 5.48. The molecule has 1 N–H and O–H groups in total. The Bertz CT molecular complexity index is 1080. The van der Waals surface area contributed by atoms with Crippen molar-refractivity contribution >= 4 is 17.5 Å². The summed E-state index contributed by atoms with van der Waals surface area (Å²) in [5.41, 5.74) is 4.22. The van der Waals surface area contributed by atoms with Gasteiger partial charge in [-0.1, -0.05) is 35.0 Å². The number of nitrogens with zero attached hydrogens (tertiary/aromatic N) is 3. The van der Waals surface area contributed by atoms with Crippen molar-refractivity contribution in [3.8, 4) is 5.75 Å². The van der Waals surface area contributed by atoms with E-state index in [1.165, 1.54) is 4.90 Å². The molecule has 3 rings (SSSR count). The third-order valence-electron chi connectivity index (χ3n) is 4.71. The van der Waals surface area contributed by atoms with Crippen molar-refractivity contribution in [3.63, 3.8) is 0 Å². The standard InChI is InChI=1S/C23H26N4O4/c1-14-10-15(2)22(16(3)11-14)25-21(28)12-27(5)23(29)18-8-6-7-9-19(18)30-13-20-24-17(4)31-26-20/h6-11H,12-13H2,1-5H3,(H,25,28). The van der Waals surface area contributed by atoms with Crippen LogP contribution in [-0.2, 0) is 11.4 Å². The van der Waals surface area contributed by atoms with Gasteiger partial charge in [-0.25, -0.2) is 0 Å². The first-order valence-electron chi connectivity index (χ1n) is 9.88. The summed E-state index contributed by atoms with van der Waals surface area (Å²) in [5, 5.41) is 6.70. The van der Waals surface area contributed by atoms with Gasteiger partial charge >= 0.3 is 0 Å². The van der Waals surface area contributed by atoms with Crippen LogP contribution in [0.3, 0.4) is 0 Å². The molecule has 0 radical (unpaired) electrons. The number of hydrogen-bond acceptors (Lipinski definition) is 6. The molecule has 2 amide bonds. The Kier molecular flexibility index (Phi) is 6.69. The second-order valence-electron chi connectivity index (χ2n) is 7.50. The highest BCUT2D eigenvalue weighted by Gasteiger charge is 2.20. The third-order valence-corrected chi connectivity index (χ3v) is 4.71. The van der Waals surface area contributed by atoms with Gasteiger partial charge in [0.15, 0.2) is 6.61 Å². The van der Waals surface area contributed by atoms with Gasteiger partial charge in [0, 0.05) is 19.7 Å². The maximum absolute atomic E-state index is 13.0. The normalized spacial score (nSPS) is 10.6. The van der Waals surface area contributed by atoms with E-state index in [2.05, 4.69) is 15.5 Å². The molecule has 0 spiro atoms. The van der Waals surface area contributed by atoms with E-state index >= 15 is 0 Å². The van der Waals surface area contributed by atoms with E-state index in [9.17, 15) is 9.59 Å². The van der Waals surface area contributed by atoms with Gasteiger partial charge in [-0.15, -0.1) is 0 Å². The van der Waals surface area contributed by atoms with Gasteiger partial charge in [0.25, 0.3) is 5.91 Å². The second kappa shape index (κ2) is 9.42. The summed E-state index contributed by atoms with van der Waals surface area (Å²) in [7, 11) is 1.58. The fraction of sp³-hybridized carbons (Fsp3) is 0.304. The minimum atomic E-state index is -0.326. The lowest BCUT2D eigenvalue weighted by atomic mass is 10.1. The highest BCUT2D eigenvalue weighted by atomic mass is 16.5. The van der Waals surface area contributed by atoms with Crippen LogP contribution in [0, 0.1) is 27.7 Å². The molecule has 0 aliphatic carbocycles. The van der Waals surface area contributed by atoms with Crippen LogP contribution >= 0.6 is 0 Å². The number of nitrogens with one attached hydrogen (secondary N) is 1. The minimum Gasteiger partial charge on any atom is -0.485 e. The van der Waals surface area contributed by atoms with Crippen LogP contribution in [0.15, 0.2) is 40.9 Å². The number of ether oxygens (including phenoxy) is 1. The number of carbonyl (C=O) groups excluding carboxylic acids is 2. The van der Waals surface area contributed by atoms with E-state index < -0.39 is 0 Å². The molecule has 3 aromatic rings. The van der Waals surface area contributed by atoms with Gasteiger partial charge in [-0.3, -0.25) is 9.59 Å². The van der Waals surface area contributed by atoms with Gasteiger partial charge in [0.05, 0.1) is 12.1 Å². The number of anilines is 1. The zero-order chi connectivity index (χ0) is 22.5. The molecule has 0 aliphatic rings. The summed E-state index contributed by atoms with van der Waals surface area (Å²) in [6.07, 6.45) is 0. The Morgan fingerprint density at radius 1 is 1.10 bits per heavy atom. The van der Waals surface area contributed by atoms with Crippen LogP contribution in [-0.4, -0.2) is 40.4 Å². The molecule has 1 aromatic heterocycles. The molecule has 8 nitrogen and oxygen atoms in total. The summed E-state index contributed by atoms with van der Waals surface area (Å²) in [4.78, 5) is 31.0. The molecule has 0 bridgehead atoms. The van der Waals surface area contributed by atoms with Gasteiger partial charge < -0.3 is 19.5 Å². The van der Waals surface area contributed by atoms with E-state index in [1.54, 1.807) is 38.2 Å². The number of para-hydroxylation sites is 1. The molecule has 0 saturated heterocycles. The average molecular weight is 422 g/mol. The van der Waals surface area contributed by atoms with Crippen LogP contribution in [0.2, 0.25) is 0 Å².